The lowest BCUT2D eigenvalue weighted by atomic mass is 9.79. The molecule has 3 fully saturated rings. The van der Waals surface area contributed by atoms with Gasteiger partial charge in [-0.2, -0.15) is 0 Å². The van der Waals surface area contributed by atoms with Crippen molar-refractivity contribution in [3.63, 3.8) is 0 Å². The summed E-state index contributed by atoms with van der Waals surface area (Å²) in [4.78, 5) is 16.8. The summed E-state index contributed by atoms with van der Waals surface area (Å²) >= 11 is 0. The van der Waals surface area contributed by atoms with Gasteiger partial charge >= 0.3 is 0 Å². The van der Waals surface area contributed by atoms with E-state index in [0.717, 1.165) is 51.9 Å². The maximum Gasteiger partial charge on any atom is 0.260 e. The fourth-order valence-corrected chi connectivity index (χ4v) is 4.28. The molecule has 2 aliphatic heterocycles. The van der Waals surface area contributed by atoms with Crippen LogP contribution in [0.1, 0.15) is 44.9 Å². The van der Waals surface area contributed by atoms with Crippen LogP contribution in [0.2, 0.25) is 0 Å². The zero-order valence-electron chi connectivity index (χ0n) is 13.1. The Labute approximate surface area is 126 Å². The standard InChI is InChI=1S/C16H27FN2O2/c1-21-12-11-19-10-4-6-15(19)5-3-9-18(13-15)14(20)16(17)7-2-8-16/h2-13H2,1H3. The third kappa shape index (κ3) is 2.70. The molecule has 1 atom stereocenters. The zero-order valence-corrected chi connectivity index (χ0v) is 13.1. The quantitative estimate of drug-likeness (QED) is 0.795. The van der Waals surface area contributed by atoms with E-state index in [9.17, 15) is 9.18 Å². The summed E-state index contributed by atoms with van der Waals surface area (Å²) in [6.07, 6.45) is 6.10. The first kappa shape index (κ1) is 15.2. The third-order valence-corrected chi connectivity index (χ3v) is 5.68. The minimum Gasteiger partial charge on any atom is -0.383 e. The van der Waals surface area contributed by atoms with E-state index in [4.69, 9.17) is 4.74 Å². The Morgan fingerprint density at radius 1 is 1.14 bits per heavy atom. The Hall–Kier alpha value is -0.680. The average Bonchev–Trinajstić information content (AvgIpc) is 2.84. The largest absolute Gasteiger partial charge is 0.383 e. The summed E-state index contributed by atoms with van der Waals surface area (Å²) in [7, 11) is 1.73. The van der Waals surface area contributed by atoms with Crippen molar-refractivity contribution in [1.82, 2.24) is 9.80 Å². The second-order valence-electron chi connectivity index (χ2n) is 6.96. The van der Waals surface area contributed by atoms with Gasteiger partial charge in [-0.1, -0.05) is 0 Å². The van der Waals surface area contributed by atoms with E-state index in [1.54, 1.807) is 7.11 Å². The molecule has 2 heterocycles. The molecular weight excluding hydrogens is 271 g/mol. The third-order valence-electron chi connectivity index (χ3n) is 5.68. The number of hydrogen-bond donors (Lipinski definition) is 0. The highest BCUT2D eigenvalue weighted by Gasteiger charge is 2.51. The highest BCUT2D eigenvalue weighted by Crippen LogP contribution is 2.41. The van der Waals surface area contributed by atoms with Crippen LogP contribution in [0.15, 0.2) is 0 Å². The lowest BCUT2D eigenvalue weighted by Gasteiger charge is -2.48. The molecule has 0 bridgehead atoms. The number of piperidine rings is 1. The van der Waals surface area contributed by atoms with Gasteiger partial charge < -0.3 is 9.64 Å². The summed E-state index contributed by atoms with van der Waals surface area (Å²) in [5.74, 6) is -0.244. The van der Waals surface area contributed by atoms with Crippen molar-refractivity contribution >= 4 is 5.91 Å². The van der Waals surface area contributed by atoms with Crippen molar-refractivity contribution in [3.8, 4) is 0 Å². The normalized spacial score (nSPS) is 32.4. The van der Waals surface area contributed by atoms with E-state index >= 15 is 0 Å². The van der Waals surface area contributed by atoms with Gasteiger partial charge in [-0.25, -0.2) is 4.39 Å². The van der Waals surface area contributed by atoms with E-state index < -0.39 is 5.67 Å². The van der Waals surface area contributed by atoms with Gasteiger partial charge in [0.1, 0.15) is 0 Å². The molecule has 0 radical (unpaired) electrons. The fraction of sp³-hybridized carbons (Fsp3) is 0.938. The van der Waals surface area contributed by atoms with Crippen LogP contribution in [-0.2, 0) is 9.53 Å². The molecule has 0 N–H and O–H groups in total. The number of ether oxygens (including phenoxy) is 1. The van der Waals surface area contributed by atoms with Crippen molar-refractivity contribution in [2.24, 2.45) is 0 Å². The first-order chi connectivity index (χ1) is 10.1. The predicted molar refractivity (Wildman–Crippen MR) is 78.9 cm³/mol. The number of carbonyl (C=O) groups is 1. The second kappa shape index (κ2) is 5.84. The molecule has 120 valence electrons. The maximum absolute atomic E-state index is 14.4. The van der Waals surface area contributed by atoms with Crippen LogP contribution in [0, 0.1) is 0 Å². The van der Waals surface area contributed by atoms with E-state index in [0.29, 0.717) is 19.4 Å². The van der Waals surface area contributed by atoms with Crippen molar-refractivity contribution in [2.75, 3.05) is 39.9 Å². The van der Waals surface area contributed by atoms with Gasteiger partial charge in [0.2, 0.25) is 0 Å². The highest BCUT2D eigenvalue weighted by molar-refractivity contribution is 5.86. The first-order valence-electron chi connectivity index (χ1n) is 8.32. The smallest absolute Gasteiger partial charge is 0.260 e. The number of carbonyl (C=O) groups excluding carboxylic acids is 1. The predicted octanol–water partition coefficient (Wildman–Crippen LogP) is 1.98. The molecule has 1 spiro atoms. The van der Waals surface area contributed by atoms with Crippen LogP contribution in [0.4, 0.5) is 4.39 Å². The van der Waals surface area contributed by atoms with Crippen LogP contribution in [-0.4, -0.2) is 66.8 Å². The number of nitrogens with zero attached hydrogens (tertiary/aromatic N) is 2. The van der Waals surface area contributed by atoms with E-state index in [2.05, 4.69) is 4.90 Å². The summed E-state index contributed by atoms with van der Waals surface area (Å²) in [5.41, 5.74) is -1.47. The van der Waals surface area contributed by atoms with Crippen molar-refractivity contribution < 1.29 is 13.9 Å². The average molecular weight is 298 g/mol. The Morgan fingerprint density at radius 2 is 1.86 bits per heavy atom. The Balaban J connectivity index is 1.68. The Morgan fingerprint density at radius 3 is 2.48 bits per heavy atom. The van der Waals surface area contributed by atoms with E-state index in [-0.39, 0.29) is 11.4 Å². The Kier molecular flexibility index (Phi) is 4.23. The number of methoxy groups -OCH3 is 1. The number of hydrogen-bond acceptors (Lipinski definition) is 3. The Bertz CT molecular complexity index is 400. The minimum absolute atomic E-state index is 0.0759. The number of halogens is 1. The SMILES string of the molecule is COCCN1CCCC12CCCN(C(=O)C1(F)CCC1)C2. The van der Waals surface area contributed by atoms with Crippen LogP contribution >= 0.6 is 0 Å². The van der Waals surface area contributed by atoms with E-state index in [1.807, 2.05) is 4.90 Å². The summed E-state index contributed by atoms with van der Waals surface area (Å²) in [6, 6.07) is 0. The topological polar surface area (TPSA) is 32.8 Å². The van der Waals surface area contributed by atoms with Gasteiger partial charge in [0.25, 0.3) is 5.91 Å². The molecule has 1 unspecified atom stereocenters. The van der Waals surface area contributed by atoms with E-state index in [1.165, 1.54) is 6.42 Å². The van der Waals surface area contributed by atoms with Crippen molar-refractivity contribution in [1.29, 1.82) is 0 Å². The first-order valence-corrected chi connectivity index (χ1v) is 8.32. The molecule has 3 rings (SSSR count). The van der Waals surface area contributed by atoms with Crippen molar-refractivity contribution in [2.45, 2.75) is 56.2 Å². The molecule has 0 aromatic heterocycles. The van der Waals surface area contributed by atoms with Gasteiger partial charge in [0, 0.05) is 32.3 Å². The lowest BCUT2D eigenvalue weighted by Crippen LogP contribution is -2.61. The molecule has 1 amide bonds. The minimum atomic E-state index is -1.55. The number of likely N-dealkylation sites (tertiary alicyclic amines) is 2. The molecule has 21 heavy (non-hydrogen) atoms. The summed E-state index contributed by atoms with van der Waals surface area (Å²) in [5, 5.41) is 0. The van der Waals surface area contributed by atoms with Gasteiger partial charge in [-0.05, 0) is 51.5 Å². The molecular formula is C16H27FN2O2. The maximum atomic E-state index is 14.4. The monoisotopic (exact) mass is 298 g/mol. The molecule has 1 aliphatic carbocycles. The molecule has 3 aliphatic rings. The second-order valence-corrected chi connectivity index (χ2v) is 6.96. The van der Waals surface area contributed by atoms with Crippen LogP contribution < -0.4 is 0 Å². The number of amides is 1. The molecule has 2 saturated heterocycles. The summed E-state index contributed by atoms with van der Waals surface area (Å²) < 4.78 is 19.6. The van der Waals surface area contributed by atoms with Crippen LogP contribution in [0.3, 0.4) is 0 Å². The molecule has 0 aromatic rings. The van der Waals surface area contributed by atoms with Crippen LogP contribution in [0.25, 0.3) is 0 Å². The highest BCUT2D eigenvalue weighted by atomic mass is 19.1. The lowest BCUT2D eigenvalue weighted by molar-refractivity contribution is -0.154. The van der Waals surface area contributed by atoms with Gasteiger partial charge in [0.15, 0.2) is 5.67 Å². The fourth-order valence-electron chi connectivity index (χ4n) is 4.28. The molecule has 4 nitrogen and oxygen atoms in total. The molecule has 1 saturated carbocycles. The number of alkyl halides is 1. The number of rotatable bonds is 4. The van der Waals surface area contributed by atoms with Crippen molar-refractivity contribution in [3.05, 3.63) is 0 Å². The molecule has 5 heteroatoms. The zero-order chi connectivity index (χ0) is 14.9. The van der Waals surface area contributed by atoms with Crippen LogP contribution in [0.5, 0.6) is 0 Å². The van der Waals surface area contributed by atoms with Gasteiger partial charge in [-0.3, -0.25) is 9.69 Å². The van der Waals surface area contributed by atoms with Gasteiger partial charge in [-0.15, -0.1) is 0 Å². The van der Waals surface area contributed by atoms with Gasteiger partial charge in [0.05, 0.1) is 6.61 Å². The summed E-state index contributed by atoms with van der Waals surface area (Å²) in [6.45, 7) is 4.15. The molecule has 0 aromatic carbocycles.